The van der Waals surface area contributed by atoms with Gasteiger partial charge in [-0.05, 0) is 26.8 Å². The molecule has 0 aliphatic carbocycles. The summed E-state index contributed by atoms with van der Waals surface area (Å²) in [4.78, 5) is 34.9. The van der Waals surface area contributed by atoms with Crippen LogP contribution in [0.2, 0.25) is 5.02 Å². The van der Waals surface area contributed by atoms with Crippen molar-refractivity contribution in [3.8, 4) is 0 Å². The molecule has 1 aromatic rings. The van der Waals surface area contributed by atoms with Crippen LogP contribution in [0.4, 0.5) is 11.4 Å². The van der Waals surface area contributed by atoms with Gasteiger partial charge >= 0.3 is 0 Å². The molecule has 2 amide bonds. The van der Waals surface area contributed by atoms with Crippen molar-refractivity contribution in [2.45, 2.75) is 26.8 Å². The van der Waals surface area contributed by atoms with Gasteiger partial charge in [0.1, 0.15) is 0 Å². The standard InChI is InChI=1S/C15H21ClN4O4/c1-4-19(8-14(21)17-10(2)3)9-15(22)18-13-7-11(20(23)24)5-6-12(13)16/h5-7,10H,4,8-9H2,1-3H3,(H,17,21)(H,18,22)/p+1. The number of nitro groups is 1. The van der Waals surface area contributed by atoms with E-state index in [0.29, 0.717) is 6.54 Å². The number of carbonyl (C=O) groups is 2. The van der Waals surface area contributed by atoms with Gasteiger partial charge in [-0.25, -0.2) is 0 Å². The highest BCUT2D eigenvalue weighted by Crippen LogP contribution is 2.26. The number of anilines is 1. The number of hydrogen-bond acceptors (Lipinski definition) is 4. The number of carbonyl (C=O) groups excluding carboxylic acids is 2. The Morgan fingerprint density at radius 2 is 1.92 bits per heavy atom. The molecule has 0 radical (unpaired) electrons. The van der Waals surface area contributed by atoms with Crippen molar-refractivity contribution in [1.82, 2.24) is 5.32 Å². The van der Waals surface area contributed by atoms with Crippen molar-refractivity contribution in [2.24, 2.45) is 0 Å². The minimum Gasteiger partial charge on any atom is -0.349 e. The second kappa shape index (κ2) is 9.19. The van der Waals surface area contributed by atoms with Crippen LogP contribution in [0.3, 0.4) is 0 Å². The number of rotatable bonds is 8. The van der Waals surface area contributed by atoms with Crippen LogP contribution in [-0.2, 0) is 9.59 Å². The summed E-state index contributed by atoms with van der Waals surface area (Å²) in [6.07, 6.45) is 0. The maximum Gasteiger partial charge on any atom is 0.279 e. The molecule has 0 bridgehead atoms. The Morgan fingerprint density at radius 3 is 2.46 bits per heavy atom. The normalized spacial score (nSPS) is 11.9. The second-order valence-electron chi connectivity index (χ2n) is 5.65. The molecule has 0 heterocycles. The van der Waals surface area contributed by atoms with Crippen molar-refractivity contribution in [3.63, 3.8) is 0 Å². The number of amides is 2. The summed E-state index contributed by atoms with van der Waals surface area (Å²) < 4.78 is 0. The van der Waals surface area contributed by atoms with Gasteiger partial charge < -0.3 is 15.5 Å². The van der Waals surface area contributed by atoms with Crippen LogP contribution in [0.1, 0.15) is 20.8 Å². The van der Waals surface area contributed by atoms with Gasteiger partial charge in [0.2, 0.25) is 0 Å². The van der Waals surface area contributed by atoms with E-state index in [0.717, 1.165) is 4.90 Å². The molecule has 9 heteroatoms. The Balaban J connectivity index is 2.68. The number of nitrogens with one attached hydrogen (secondary N) is 3. The van der Waals surface area contributed by atoms with Crippen LogP contribution in [0.25, 0.3) is 0 Å². The lowest BCUT2D eigenvalue weighted by atomic mass is 10.2. The minimum absolute atomic E-state index is 0.0353. The largest absolute Gasteiger partial charge is 0.349 e. The lowest BCUT2D eigenvalue weighted by Crippen LogP contribution is -3.14. The molecule has 0 aliphatic rings. The first-order chi connectivity index (χ1) is 11.2. The molecule has 1 rings (SSSR count). The zero-order chi connectivity index (χ0) is 18.3. The van der Waals surface area contributed by atoms with Gasteiger partial charge in [-0.3, -0.25) is 19.7 Å². The SMILES string of the molecule is CC[NH+](CC(=O)Nc1cc([N+](=O)[O-])ccc1Cl)CC(=O)NC(C)C. The van der Waals surface area contributed by atoms with Crippen molar-refractivity contribution < 1.29 is 19.4 Å². The first-order valence-electron chi connectivity index (χ1n) is 7.59. The average Bonchev–Trinajstić information content (AvgIpc) is 2.47. The van der Waals surface area contributed by atoms with E-state index in [-0.39, 0.29) is 47.3 Å². The van der Waals surface area contributed by atoms with Crippen LogP contribution in [0, 0.1) is 10.1 Å². The summed E-state index contributed by atoms with van der Waals surface area (Å²) in [6.45, 7) is 6.40. The maximum atomic E-state index is 12.1. The van der Waals surface area contributed by atoms with E-state index in [2.05, 4.69) is 10.6 Å². The molecule has 0 saturated carbocycles. The van der Waals surface area contributed by atoms with Crippen molar-refractivity contribution in [1.29, 1.82) is 0 Å². The molecule has 1 unspecified atom stereocenters. The Kier molecular flexibility index (Phi) is 7.60. The predicted molar refractivity (Wildman–Crippen MR) is 91.3 cm³/mol. The number of non-ortho nitro benzene ring substituents is 1. The van der Waals surface area contributed by atoms with Gasteiger partial charge in [0.05, 0.1) is 22.2 Å². The number of nitro benzene ring substituents is 1. The first-order valence-corrected chi connectivity index (χ1v) is 7.97. The fourth-order valence-corrected chi connectivity index (χ4v) is 2.22. The molecule has 0 saturated heterocycles. The lowest BCUT2D eigenvalue weighted by molar-refractivity contribution is -0.881. The van der Waals surface area contributed by atoms with Crippen LogP contribution in [-0.4, -0.2) is 42.4 Å². The van der Waals surface area contributed by atoms with Crippen molar-refractivity contribution in [2.75, 3.05) is 25.0 Å². The lowest BCUT2D eigenvalue weighted by Gasteiger charge is -2.18. The molecule has 0 aliphatic heterocycles. The van der Waals surface area contributed by atoms with E-state index in [9.17, 15) is 19.7 Å². The Labute approximate surface area is 145 Å². The molecular weight excluding hydrogens is 336 g/mol. The van der Waals surface area contributed by atoms with Gasteiger partial charge in [0.25, 0.3) is 17.5 Å². The summed E-state index contributed by atoms with van der Waals surface area (Å²) >= 11 is 5.95. The number of halogens is 1. The molecule has 3 N–H and O–H groups in total. The predicted octanol–water partition coefficient (Wildman–Crippen LogP) is 0.616. The smallest absolute Gasteiger partial charge is 0.279 e. The van der Waals surface area contributed by atoms with E-state index in [1.165, 1.54) is 18.2 Å². The Morgan fingerprint density at radius 1 is 1.29 bits per heavy atom. The van der Waals surface area contributed by atoms with Crippen molar-refractivity contribution in [3.05, 3.63) is 33.3 Å². The summed E-state index contributed by atoms with van der Waals surface area (Å²) in [5.74, 6) is -0.505. The highest BCUT2D eigenvalue weighted by molar-refractivity contribution is 6.33. The van der Waals surface area contributed by atoms with Crippen LogP contribution >= 0.6 is 11.6 Å². The molecule has 1 atom stereocenters. The van der Waals surface area contributed by atoms with E-state index in [1.54, 1.807) is 0 Å². The number of hydrogen-bond donors (Lipinski definition) is 3. The van der Waals surface area contributed by atoms with Crippen molar-refractivity contribution >= 4 is 34.8 Å². The minimum atomic E-state index is -0.564. The molecule has 0 spiro atoms. The van der Waals surface area contributed by atoms with Gasteiger partial charge in [-0.15, -0.1) is 0 Å². The number of nitrogens with zero attached hydrogens (tertiary/aromatic N) is 1. The summed E-state index contributed by atoms with van der Waals surface area (Å²) in [5.41, 5.74) is 0.0173. The highest BCUT2D eigenvalue weighted by Gasteiger charge is 2.18. The maximum absolute atomic E-state index is 12.1. The summed E-state index contributed by atoms with van der Waals surface area (Å²) in [6, 6.07) is 3.86. The van der Waals surface area contributed by atoms with Gasteiger partial charge in [0.15, 0.2) is 13.1 Å². The zero-order valence-electron chi connectivity index (χ0n) is 13.9. The number of likely N-dealkylation sites (N-methyl/N-ethyl adjacent to an activating group) is 1. The molecule has 0 fully saturated rings. The molecule has 132 valence electrons. The third kappa shape index (κ3) is 6.51. The number of quaternary nitrogens is 1. The van der Waals surface area contributed by atoms with Crippen LogP contribution < -0.4 is 15.5 Å². The van der Waals surface area contributed by atoms with Gasteiger partial charge in [-0.2, -0.15) is 0 Å². The van der Waals surface area contributed by atoms with Gasteiger partial charge in [0, 0.05) is 18.2 Å². The van der Waals surface area contributed by atoms with E-state index in [4.69, 9.17) is 11.6 Å². The molecule has 24 heavy (non-hydrogen) atoms. The zero-order valence-corrected chi connectivity index (χ0v) is 14.6. The Hall–Kier alpha value is -2.19. The fraction of sp³-hybridized carbons (Fsp3) is 0.467. The van der Waals surface area contributed by atoms with E-state index in [1.807, 2.05) is 20.8 Å². The molecule has 0 aromatic heterocycles. The average molecular weight is 358 g/mol. The highest BCUT2D eigenvalue weighted by atomic mass is 35.5. The monoisotopic (exact) mass is 357 g/mol. The fourth-order valence-electron chi connectivity index (χ4n) is 2.06. The molecular formula is C15H22ClN4O4+. The molecule has 1 aromatic carbocycles. The van der Waals surface area contributed by atoms with Crippen LogP contribution in [0.5, 0.6) is 0 Å². The summed E-state index contributed by atoms with van der Waals surface area (Å²) in [7, 11) is 0. The van der Waals surface area contributed by atoms with E-state index < -0.39 is 4.92 Å². The summed E-state index contributed by atoms with van der Waals surface area (Å²) in [5, 5.41) is 16.3. The Bertz CT molecular complexity index is 621. The third-order valence-corrected chi connectivity index (χ3v) is 3.54. The first kappa shape index (κ1) is 19.9. The number of benzene rings is 1. The van der Waals surface area contributed by atoms with Gasteiger partial charge in [-0.1, -0.05) is 11.6 Å². The topological polar surface area (TPSA) is 106 Å². The second-order valence-corrected chi connectivity index (χ2v) is 6.06. The quantitative estimate of drug-likeness (QED) is 0.468. The van der Waals surface area contributed by atoms with E-state index >= 15 is 0 Å². The van der Waals surface area contributed by atoms with Crippen LogP contribution in [0.15, 0.2) is 18.2 Å². The molecule has 8 nitrogen and oxygen atoms in total. The third-order valence-electron chi connectivity index (χ3n) is 3.21.